The number of ether oxygens (including phenoxy) is 3. The molecule has 61 heavy (non-hydrogen) atoms. The number of rotatable bonds is 14. The molecule has 2 unspecified atom stereocenters. The molecule has 17 nitrogen and oxygen atoms in total. The molecule has 2 atom stereocenters. The van der Waals surface area contributed by atoms with Crippen LogP contribution in [0, 0.1) is 24.0 Å². The number of carbonyl (C=O) groups excluding carboxylic acids is 2. The molecule has 0 amide bonds. The van der Waals surface area contributed by atoms with Crippen molar-refractivity contribution in [1.29, 1.82) is 0 Å². The normalized spacial score (nSPS) is 19.8. The zero-order valence-electron chi connectivity index (χ0n) is 37.6. The Kier molecular flexibility index (Phi) is 26.1. The molecule has 1 aliphatic carbocycles. The summed E-state index contributed by atoms with van der Waals surface area (Å²) in [5.41, 5.74) is 4.01. The minimum absolute atomic E-state index is 0. The van der Waals surface area contributed by atoms with E-state index in [2.05, 4.69) is 65.6 Å². The van der Waals surface area contributed by atoms with Crippen molar-refractivity contribution < 1.29 is 142 Å². The largest absolute Gasteiger partial charge is 1.00 e. The van der Waals surface area contributed by atoms with Crippen LogP contribution in [0.25, 0.3) is 9.69 Å². The second kappa shape index (κ2) is 26.7. The van der Waals surface area contributed by atoms with Crippen molar-refractivity contribution in [3.8, 4) is 0 Å². The molecule has 3 rings (SSSR count). The van der Waals surface area contributed by atoms with Crippen molar-refractivity contribution in [2.45, 2.75) is 107 Å². The van der Waals surface area contributed by atoms with Gasteiger partial charge in [0, 0.05) is 46.2 Å². The molecular weight excluding hydrogens is 868 g/mol. The number of carbonyl (C=O) groups is 2. The van der Waals surface area contributed by atoms with Crippen molar-refractivity contribution in [1.82, 2.24) is 9.80 Å². The number of hydrogen-bond acceptors (Lipinski definition) is 13. The van der Waals surface area contributed by atoms with Crippen molar-refractivity contribution in [3.05, 3.63) is 92.5 Å². The van der Waals surface area contributed by atoms with E-state index in [1.54, 1.807) is 26.0 Å². The molecule has 0 aromatic rings. The van der Waals surface area contributed by atoms with Gasteiger partial charge in [-0.3, -0.25) is 9.13 Å². The van der Waals surface area contributed by atoms with Crippen molar-refractivity contribution in [2.24, 2.45) is 10.8 Å². The van der Waals surface area contributed by atoms with Crippen molar-refractivity contribution in [2.75, 3.05) is 39.6 Å². The topological polar surface area (TPSA) is 216 Å². The van der Waals surface area contributed by atoms with Crippen LogP contribution in [0.2, 0.25) is 0 Å². The number of phosphoric acid groups is 2. The maximum atomic E-state index is 12.4. The number of esters is 2. The van der Waals surface area contributed by atoms with Crippen LogP contribution >= 0.6 is 15.6 Å². The quantitative estimate of drug-likeness (QED) is 0.0344. The SMILES string of the molecule is CCOC(=O)C(C(=O)OCC)=C1C=C(C)N(C2CCC(OP(=O)([O-])O)CC2)C(C)=C1.[C-]#[N+]C([N+]#[C-])=C1C=C(C(C)(C)C)N(CCOCCOP(=O)([O-])O)C(C(C)(C)C)=C1.[K+].[Na+]. The Morgan fingerprint density at radius 1 is 0.787 bits per heavy atom. The third-order valence-corrected chi connectivity index (χ3v) is 10.2. The first-order valence-corrected chi connectivity index (χ1v) is 22.2. The van der Waals surface area contributed by atoms with E-state index in [0.717, 1.165) is 22.8 Å². The molecule has 0 aromatic carbocycles. The van der Waals surface area contributed by atoms with Gasteiger partial charge in [0.25, 0.3) is 15.6 Å². The summed E-state index contributed by atoms with van der Waals surface area (Å²) >= 11 is 0. The summed E-state index contributed by atoms with van der Waals surface area (Å²) in [5.74, 6) is -1.42. The first-order chi connectivity index (χ1) is 27.3. The molecule has 1 saturated carbocycles. The summed E-state index contributed by atoms with van der Waals surface area (Å²) < 4.78 is 46.1. The monoisotopic (exact) mass is 926 g/mol. The van der Waals surface area contributed by atoms with Crippen LogP contribution in [0.15, 0.2) is 69.6 Å². The molecular formula is C40H58KN4NaO13P2. The van der Waals surface area contributed by atoms with Gasteiger partial charge in [-0.15, -0.1) is 0 Å². The third kappa shape index (κ3) is 19.8. The molecule has 2 aliphatic heterocycles. The number of hydrogen-bond donors (Lipinski definition) is 2. The maximum absolute atomic E-state index is 12.4. The molecule has 2 heterocycles. The minimum Gasteiger partial charge on any atom is -0.756 e. The minimum atomic E-state index is -4.74. The number of phosphoric ester groups is 2. The second-order valence-corrected chi connectivity index (χ2v) is 18.2. The zero-order valence-corrected chi connectivity index (χ0v) is 44.5. The predicted molar refractivity (Wildman–Crippen MR) is 215 cm³/mol. The van der Waals surface area contributed by atoms with E-state index in [1.165, 1.54) is 0 Å². The second-order valence-electron chi connectivity index (χ2n) is 15.8. The Labute approximate surface area is 425 Å². The van der Waals surface area contributed by atoms with Crippen LogP contribution in [-0.4, -0.2) is 83.3 Å². The van der Waals surface area contributed by atoms with Gasteiger partial charge in [0.1, 0.15) is 13.1 Å². The molecule has 0 aromatic heterocycles. The zero-order chi connectivity index (χ0) is 44.9. The summed E-state index contributed by atoms with van der Waals surface area (Å²) in [6.07, 6.45) is 9.05. The summed E-state index contributed by atoms with van der Waals surface area (Å²) in [7, 11) is -9.48. The molecule has 2 N–H and O–H groups in total. The Hall–Kier alpha value is -1.22. The fourth-order valence-electron chi connectivity index (χ4n) is 6.81. The smallest absolute Gasteiger partial charge is 0.756 e. The van der Waals surface area contributed by atoms with E-state index in [9.17, 15) is 28.5 Å². The number of nitrogens with zero attached hydrogens (tertiary/aromatic N) is 4. The molecule has 0 radical (unpaired) electrons. The molecule has 21 heteroatoms. The Bertz CT molecular complexity index is 1830. The predicted octanol–water partition coefficient (Wildman–Crippen LogP) is 0.0350. The standard InChI is InChI=1S/C20H30N3O5P.C20H30NO8P.K.Na/c1-19(2,3)16-13-15(18(21-7)22-8)14-17(20(4,5)6)23(16)9-10-27-11-12-28-29(24,25)26;1-5-27-19(22)18(20(23)28-6-2)15-11-13(3)21(14(4)12-15)16-7-9-17(10-8-16)29-30(24,25)26;;/h13-14H,9-12H2,1-6H3,(H2,24,25,26);11-12,16-17H,5-10H2,1-4H3,(H2,24,25,26);;/q;;2*+1/p-2. The van der Waals surface area contributed by atoms with Crippen LogP contribution in [0.5, 0.6) is 0 Å². The van der Waals surface area contributed by atoms with Gasteiger partial charge >= 0.3 is 98.7 Å². The molecule has 0 bridgehead atoms. The van der Waals surface area contributed by atoms with E-state index in [-0.39, 0.29) is 136 Å². The summed E-state index contributed by atoms with van der Waals surface area (Å²) in [6, 6.07) is 0.109. The van der Waals surface area contributed by atoms with Crippen LogP contribution in [0.1, 0.15) is 94.9 Å². The van der Waals surface area contributed by atoms with E-state index < -0.39 is 33.7 Å². The molecule has 3 aliphatic rings. The van der Waals surface area contributed by atoms with Crippen LogP contribution in [0.3, 0.4) is 0 Å². The summed E-state index contributed by atoms with van der Waals surface area (Å²) in [4.78, 5) is 74.7. The van der Waals surface area contributed by atoms with E-state index in [0.29, 0.717) is 50.0 Å². The van der Waals surface area contributed by atoms with Gasteiger partial charge in [-0.1, -0.05) is 41.5 Å². The molecule has 328 valence electrons. The third-order valence-electron chi connectivity index (χ3n) is 9.14. The van der Waals surface area contributed by atoms with E-state index in [4.69, 9.17) is 41.7 Å². The number of allylic oxidation sites excluding steroid dienone is 10. The summed E-state index contributed by atoms with van der Waals surface area (Å²) in [6.45, 7) is 34.9. The first-order valence-electron chi connectivity index (χ1n) is 19.2. The van der Waals surface area contributed by atoms with Crippen molar-refractivity contribution in [3.63, 3.8) is 0 Å². The van der Waals surface area contributed by atoms with Gasteiger partial charge < -0.3 is 52.6 Å². The van der Waals surface area contributed by atoms with E-state index in [1.807, 2.05) is 26.0 Å². The van der Waals surface area contributed by atoms with Gasteiger partial charge in [-0.25, -0.2) is 9.59 Å². The Morgan fingerprint density at radius 3 is 1.62 bits per heavy atom. The molecule has 0 saturated heterocycles. The first kappa shape index (κ1) is 59.8. The maximum Gasteiger partial charge on any atom is 1.00 e. The average molecular weight is 927 g/mol. The fourth-order valence-corrected chi connectivity index (χ4v) is 7.70. The van der Waals surface area contributed by atoms with Gasteiger partial charge in [-0.2, -0.15) is 9.69 Å². The Morgan fingerprint density at radius 2 is 1.25 bits per heavy atom. The van der Waals surface area contributed by atoms with Crippen LogP contribution in [-0.2, 0) is 42.0 Å². The van der Waals surface area contributed by atoms with Gasteiger partial charge in [0.15, 0.2) is 5.57 Å². The van der Waals surface area contributed by atoms with E-state index >= 15 is 0 Å². The van der Waals surface area contributed by atoms with Gasteiger partial charge in [0.05, 0.1) is 44.7 Å². The molecule has 1 fully saturated rings. The molecule has 0 spiro atoms. The van der Waals surface area contributed by atoms with Crippen LogP contribution in [0.4, 0.5) is 0 Å². The Balaban J connectivity index is 0.00000114. The van der Waals surface area contributed by atoms with Gasteiger partial charge in [-0.05, 0) is 83.3 Å². The average Bonchev–Trinajstić information content (AvgIpc) is 3.09. The van der Waals surface area contributed by atoms with Crippen molar-refractivity contribution >= 4 is 27.6 Å². The fraction of sp³-hybridized carbons (Fsp3) is 0.600. The van der Waals surface area contributed by atoms with Gasteiger partial charge in [0.2, 0.25) is 0 Å². The summed E-state index contributed by atoms with van der Waals surface area (Å²) in [5, 5.41) is 0. The van der Waals surface area contributed by atoms with Crippen LogP contribution < -0.4 is 90.7 Å².